The minimum Gasteiger partial charge on any atom is -0.493 e. The van der Waals surface area contributed by atoms with Gasteiger partial charge in [-0.15, -0.1) is 11.8 Å². The first kappa shape index (κ1) is 18.0. The number of rotatable bonds is 7. The van der Waals surface area contributed by atoms with Gasteiger partial charge in [0.1, 0.15) is 0 Å². The van der Waals surface area contributed by atoms with Gasteiger partial charge in [0.05, 0.1) is 20.6 Å². The summed E-state index contributed by atoms with van der Waals surface area (Å²) in [5.41, 5.74) is 0.883. The number of ether oxygens (including phenoxy) is 2. The molecule has 0 aliphatic heterocycles. The second-order valence-corrected chi connectivity index (χ2v) is 5.47. The third-order valence-electron chi connectivity index (χ3n) is 2.97. The lowest BCUT2D eigenvalue weighted by molar-refractivity contribution is -0.139. The summed E-state index contributed by atoms with van der Waals surface area (Å²) in [4.78, 5) is 0.944. The van der Waals surface area contributed by atoms with Crippen LogP contribution in [0, 0.1) is 0 Å². The van der Waals surface area contributed by atoms with Crippen LogP contribution in [-0.2, 0) is 6.54 Å². The van der Waals surface area contributed by atoms with Crippen molar-refractivity contribution >= 4 is 11.8 Å². The van der Waals surface area contributed by atoms with Gasteiger partial charge in [-0.25, -0.2) is 0 Å². The van der Waals surface area contributed by atoms with Gasteiger partial charge in [-0.05, 0) is 30.9 Å². The average molecular weight is 323 g/mol. The Morgan fingerprint density at radius 1 is 1.19 bits per heavy atom. The highest BCUT2D eigenvalue weighted by Crippen LogP contribution is 2.34. The van der Waals surface area contributed by atoms with Gasteiger partial charge < -0.3 is 14.8 Å². The van der Waals surface area contributed by atoms with E-state index in [9.17, 15) is 13.2 Å². The van der Waals surface area contributed by atoms with Crippen LogP contribution in [0.3, 0.4) is 0 Å². The van der Waals surface area contributed by atoms with Gasteiger partial charge >= 0.3 is 6.18 Å². The van der Waals surface area contributed by atoms with E-state index in [0.29, 0.717) is 18.0 Å². The first-order chi connectivity index (χ1) is 9.80. The molecule has 7 heteroatoms. The van der Waals surface area contributed by atoms with Crippen molar-refractivity contribution in [3.05, 3.63) is 17.7 Å². The van der Waals surface area contributed by atoms with Crippen molar-refractivity contribution in [3.63, 3.8) is 0 Å². The maximum Gasteiger partial charge on any atom is 0.390 e. The van der Waals surface area contributed by atoms with Crippen LogP contribution in [0.15, 0.2) is 17.0 Å². The maximum absolute atomic E-state index is 12.3. The van der Waals surface area contributed by atoms with Crippen molar-refractivity contribution in [1.29, 1.82) is 0 Å². The summed E-state index contributed by atoms with van der Waals surface area (Å²) >= 11 is 1.51. The summed E-state index contributed by atoms with van der Waals surface area (Å²) in [5, 5.41) is 2.89. The van der Waals surface area contributed by atoms with Crippen molar-refractivity contribution in [2.24, 2.45) is 0 Å². The monoisotopic (exact) mass is 323 g/mol. The first-order valence-electron chi connectivity index (χ1n) is 6.39. The zero-order chi connectivity index (χ0) is 16.0. The summed E-state index contributed by atoms with van der Waals surface area (Å²) in [7, 11) is 3.07. The fourth-order valence-electron chi connectivity index (χ4n) is 1.93. The lowest BCUT2D eigenvalue weighted by Crippen LogP contribution is -2.30. The number of alkyl halides is 3. The Labute approximate surface area is 127 Å². The Kier molecular flexibility index (Phi) is 6.67. The SMILES string of the molecule is COc1cc(CNC(C)CC(F)(F)F)c(SC)cc1OC. The van der Waals surface area contributed by atoms with Gasteiger partial charge in [0.25, 0.3) is 0 Å². The molecule has 1 aromatic carbocycles. The minimum atomic E-state index is -4.16. The maximum atomic E-state index is 12.3. The zero-order valence-corrected chi connectivity index (χ0v) is 13.3. The predicted octanol–water partition coefficient (Wildman–Crippen LogP) is 3.86. The van der Waals surface area contributed by atoms with E-state index in [1.54, 1.807) is 13.2 Å². The third kappa shape index (κ3) is 5.67. The second kappa shape index (κ2) is 7.79. The van der Waals surface area contributed by atoms with Gasteiger partial charge in [0.2, 0.25) is 0 Å². The molecule has 0 aromatic heterocycles. The number of methoxy groups -OCH3 is 2. The molecule has 120 valence electrons. The quantitative estimate of drug-likeness (QED) is 0.772. The lowest BCUT2D eigenvalue weighted by Gasteiger charge is -2.18. The summed E-state index contributed by atoms with van der Waals surface area (Å²) < 4.78 is 47.4. The molecular formula is C14H20F3NO2S. The molecule has 0 bridgehead atoms. The van der Waals surface area contributed by atoms with Crippen molar-refractivity contribution in [1.82, 2.24) is 5.32 Å². The van der Waals surface area contributed by atoms with Crippen molar-refractivity contribution in [2.45, 2.75) is 37.0 Å². The molecule has 3 nitrogen and oxygen atoms in total. The van der Waals surface area contributed by atoms with Gasteiger partial charge in [-0.1, -0.05) is 0 Å². The molecule has 21 heavy (non-hydrogen) atoms. The Hall–Kier alpha value is -1.08. The van der Waals surface area contributed by atoms with E-state index in [4.69, 9.17) is 9.47 Å². The van der Waals surface area contributed by atoms with Crippen LogP contribution < -0.4 is 14.8 Å². The van der Waals surface area contributed by atoms with E-state index in [1.807, 2.05) is 12.3 Å². The van der Waals surface area contributed by atoms with Crippen LogP contribution in [0.4, 0.5) is 13.2 Å². The largest absolute Gasteiger partial charge is 0.493 e. The first-order valence-corrected chi connectivity index (χ1v) is 7.62. The van der Waals surface area contributed by atoms with E-state index < -0.39 is 18.6 Å². The second-order valence-electron chi connectivity index (χ2n) is 4.62. The minimum absolute atomic E-state index is 0.341. The molecule has 1 atom stereocenters. The van der Waals surface area contributed by atoms with E-state index >= 15 is 0 Å². The van der Waals surface area contributed by atoms with Crippen molar-refractivity contribution in [3.8, 4) is 11.5 Å². The molecule has 0 radical (unpaired) electrons. The standard InChI is InChI=1S/C14H20F3NO2S/c1-9(7-14(15,16)17)18-8-10-5-11(19-2)12(20-3)6-13(10)21-4/h5-6,9,18H,7-8H2,1-4H3. The Bertz CT molecular complexity index is 466. The Morgan fingerprint density at radius 3 is 2.24 bits per heavy atom. The number of benzene rings is 1. The average Bonchev–Trinajstić information content (AvgIpc) is 2.42. The molecule has 1 rings (SSSR count). The molecule has 0 saturated carbocycles. The molecule has 1 unspecified atom stereocenters. The van der Waals surface area contributed by atoms with Crippen LogP contribution in [-0.4, -0.2) is 32.7 Å². The van der Waals surface area contributed by atoms with E-state index in [-0.39, 0.29) is 0 Å². The number of nitrogens with one attached hydrogen (secondary N) is 1. The van der Waals surface area contributed by atoms with E-state index in [2.05, 4.69) is 5.32 Å². The molecule has 0 spiro atoms. The highest BCUT2D eigenvalue weighted by atomic mass is 32.2. The van der Waals surface area contributed by atoms with Crippen LogP contribution >= 0.6 is 11.8 Å². The van der Waals surface area contributed by atoms with Crippen LogP contribution in [0.1, 0.15) is 18.9 Å². The van der Waals surface area contributed by atoms with Crippen LogP contribution in [0.5, 0.6) is 11.5 Å². The number of halogens is 3. The smallest absolute Gasteiger partial charge is 0.390 e. The predicted molar refractivity (Wildman–Crippen MR) is 78.3 cm³/mol. The summed E-state index contributed by atoms with van der Waals surface area (Å²) in [5.74, 6) is 1.17. The third-order valence-corrected chi connectivity index (χ3v) is 3.79. The highest BCUT2D eigenvalue weighted by Gasteiger charge is 2.29. The highest BCUT2D eigenvalue weighted by molar-refractivity contribution is 7.98. The zero-order valence-electron chi connectivity index (χ0n) is 12.5. The molecule has 1 aromatic rings. The fourth-order valence-corrected chi connectivity index (χ4v) is 2.55. The summed E-state index contributed by atoms with van der Waals surface area (Å²) in [6.45, 7) is 1.86. The molecule has 0 amide bonds. The molecular weight excluding hydrogens is 303 g/mol. The van der Waals surface area contributed by atoms with Gasteiger partial charge in [-0.2, -0.15) is 13.2 Å². The van der Waals surface area contributed by atoms with Gasteiger partial charge in [0, 0.05) is 17.5 Å². The molecule has 0 saturated heterocycles. The Morgan fingerprint density at radius 2 is 1.76 bits per heavy atom. The van der Waals surface area contributed by atoms with Crippen molar-refractivity contribution in [2.75, 3.05) is 20.5 Å². The lowest BCUT2D eigenvalue weighted by atomic mass is 10.1. The summed E-state index contributed by atoms with van der Waals surface area (Å²) in [6.07, 6.45) is -3.11. The molecule has 1 N–H and O–H groups in total. The van der Waals surface area contributed by atoms with Crippen molar-refractivity contribution < 1.29 is 22.6 Å². The number of hydrogen-bond acceptors (Lipinski definition) is 4. The normalized spacial score (nSPS) is 13.1. The summed E-state index contributed by atoms with van der Waals surface area (Å²) in [6, 6.07) is 2.97. The van der Waals surface area contributed by atoms with Crippen LogP contribution in [0.25, 0.3) is 0 Å². The Balaban J connectivity index is 2.82. The van der Waals surface area contributed by atoms with E-state index in [0.717, 1.165) is 10.5 Å². The molecule has 0 heterocycles. The van der Waals surface area contributed by atoms with E-state index in [1.165, 1.54) is 25.8 Å². The van der Waals surface area contributed by atoms with Gasteiger partial charge in [-0.3, -0.25) is 0 Å². The topological polar surface area (TPSA) is 30.5 Å². The molecule has 0 aliphatic carbocycles. The van der Waals surface area contributed by atoms with Gasteiger partial charge in [0.15, 0.2) is 11.5 Å². The molecule has 0 aliphatic rings. The van der Waals surface area contributed by atoms with Crippen LogP contribution in [0.2, 0.25) is 0 Å². The fraction of sp³-hybridized carbons (Fsp3) is 0.571. The number of thioether (sulfide) groups is 1. The molecule has 0 fully saturated rings. The number of hydrogen-bond donors (Lipinski definition) is 1.